The number of aromatic amines is 1. The quantitative estimate of drug-likeness (QED) is 0.220. The molecule has 0 bridgehead atoms. The number of amides is 3. The van der Waals surface area contributed by atoms with Crippen LogP contribution in [0.5, 0.6) is 0 Å². The first-order valence-electron chi connectivity index (χ1n) is 11.5. The molecule has 5 rings (SSSR count). The molecule has 38 heavy (non-hydrogen) atoms. The van der Waals surface area contributed by atoms with Crippen LogP contribution >= 0.6 is 11.3 Å². The first-order chi connectivity index (χ1) is 18.2. The summed E-state index contributed by atoms with van der Waals surface area (Å²) >= 11 is 1.16. The molecule has 0 unspecified atom stereocenters. The first kappa shape index (κ1) is 24.9. The number of aromatic nitrogens is 2. The van der Waals surface area contributed by atoms with E-state index in [4.69, 9.17) is 4.42 Å². The lowest BCUT2D eigenvalue weighted by Crippen LogP contribution is -2.41. The molecule has 0 saturated heterocycles. The molecule has 9 nitrogen and oxygen atoms in total. The van der Waals surface area contributed by atoms with Gasteiger partial charge in [0, 0.05) is 5.56 Å². The minimum absolute atomic E-state index is 0.108. The summed E-state index contributed by atoms with van der Waals surface area (Å²) in [5.74, 6) is -1.48. The van der Waals surface area contributed by atoms with Crippen molar-refractivity contribution in [2.24, 2.45) is 0 Å². The van der Waals surface area contributed by atoms with Gasteiger partial charge in [0.2, 0.25) is 0 Å². The highest BCUT2D eigenvalue weighted by atomic mass is 32.1. The number of anilines is 2. The fourth-order valence-electron chi connectivity index (χ4n) is 3.96. The molecule has 0 fully saturated rings. The summed E-state index contributed by atoms with van der Waals surface area (Å²) in [5.41, 5.74) is -0.0932. The van der Waals surface area contributed by atoms with Gasteiger partial charge in [-0.25, -0.2) is 4.39 Å². The maximum Gasteiger partial charge on any atom is 0.291 e. The van der Waals surface area contributed by atoms with Gasteiger partial charge >= 0.3 is 0 Å². The van der Waals surface area contributed by atoms with Crippen LogP contribution in [0.4, 0.5) is 15.9 Å². The fourth-order valence-corrected chi connectivity index (χ4v) is 4.86. The van der Waals surface area contributed by atoms with Crippen molar-refractivity contribution >= 4 is 50.8 Å². The van der Waals surface area contributed by atoms with Crippen LogP contribution in [0.2, 0.25) is 0 Å². The van der Waals surface area contributed by atoms with E-state index in [9.17, 15) is 18.8 Å². The van der Waals surface area contributed by atoms with E-state index < -0.39 is 29.1 Å². The first-order valence-corrected chi connectivity index (χ1v) is 12.4. The topological polar surface area (TPSA) is 129 Å². The third kappa shape index (κ3) is 4.91. The maximum atomic E-state index is 14.3. The van der Waals surface area contributed by atoms with Crippen molar-refractivity contribution in [1.82, 2.24) is 15.5 Å². The summed E-state index contributed by atoms with van der Waals surface area (Å²) in [6.07, 6.45) is 1.38. The Morgan fingerprint density at radius 3 is 2.47 bits per heavy atom. The van der Waals surface area contributed by atoms with Gasteiger partial charge in [-0.05, 0) is 50.2 Å². The lowest BCUT2D eigenvalue weighted by atomic mass is 9.93. The van der Waals surface area contributed by atoms with Gasteiger partial charge in [0.15, 0.2) is 11.6 Å². The Morgan fingerprint density at radius 2 is 1.71 bits per heavy atom. The van der Waals surface area contributed by atoms with Crippen LogP contribution in [0.15, 0.2) is 77.4 Å². The third-order valence-corrected chi connectivity index (χ3v) is 6.89. The molecule has 0 spiro atoms. The summed E-state index contributed by atoms with van der Waals surface area (Å²) in [7, 11) is 0. The summed E-state index contributed by atoms with van der Waals surface area (Å²) in [6.45, 7) is 3.44. The molecule has 0 aliphatic heterocycles. The Labute approximate surface area is 220 Å². The number of fused-ring (bicyclic) bond motifs is 1. The molecule has 0 radical (unpaired) electrons. The molecule has 0 aliphatic rings. The summed E-state index contributed by atoms with van der Waals surface area (Å²) in [6, 6.07) is 17.5. The molecule has 192 valence electrons. The molecule has 3 amide bonds. The number of furan rings is 1. The Kier molecular flexibility index (Phi) is 6.52. The van der Waals surface area contributed by atoms with Gasteiger partial charge < -0.3 is 20.4 Å². The Bertz CT molecular complexity index is 1650. The lowest BCUT2D eigenvalue weighted by molar-refractivity contribution is 0.0913. The van der Waals surface area contributed by atoms with E-state index in [0.29, 0.717) is 26.3 Å². The van der Waals surface area contributed by atoms with Crippen molar-refractivity contribution in [3.8, 4) is 0 Å². The predicted octanol–water partition coefficient (Wildman–Crippen LogP) is 5.53. The highest BCUT2D eigenvalue weighted by molar-refractivity contribution is 7.20. The van der Waals surface area contributed by atoms with Gasteiger partial charge in [0.1, 0.15) is 10.6 Å². The lowest BCUT2D eigenvalue weighted by Gasteiger charge is -2.27. The molecule has 0 atom stereocenters. The van der Waals surface area contributed by atoms with Crippen LogP contribution < -0.4 is 16.0 Å². The molecule has 11 heteroatoms. The van der Waals surface area contributed by atoms with Gasteiger partial charge in [-0.1, -0.05) is 30.3 Å². The highest BCUT2D eigenvalue weighted by Gasteiger charge is 2.28. The maximum absolute atomic E-state index is 14.3. The van der Waals surface area contributed by atoms with E-state index in [2.05, 4.69) is 26.1 Å². The molecular formula is C27H22FN5O4S. The second-order valence-electron chi connectivity index (χ2n) is 8.92. The highest BCUT2D eigenvalue weighted by Crippen LogP contribution is 2.31. The molecule has 4 N–H and O–H groups in total. The SMILES string of the molecule is CC(C)(NC(=O)c1cc2c(NC(=O)c3ccccc3NC(=O)c3ccco3)n[nH]c2s1)c1ccccc1F. The zero-order chi connectivity index (χ0) is 26.9. The fraction of sp³-hybridized carbons (Fsp3) is 0.111. The molecule has 5 aromatic rings. The van der Waals surface area contributed by atoms with E-state index in [1.165, 1.54) is 18.4 Å². The van der Waals surface area contributed by atoms with Gasteiger partial charge in [-0.15, -0.1) is 11.3 Å². The largest absolute Gasteiger partial charge is 0.459 e. The Balaban J connectivity index is 1.34. The summed E-state index contributed by atoms with van der Waals surface area (Å²) in [4.78, 5) is 39.5. The number of hydrogen-bond donors (Lipinski definition) is 4. The number of nitrogens with one attached hydrogen (secondary N) is 4. The Hall–Kier alpha value is -4.77. The zero-order valence-corrected chi connectivity index (χ0v) is 21.1. The third-order valence-electron chi connectivity index (χ3n) is 5.85. The number of hydrogen-bond acceptors (Lipinski definition) is 6. The normalized spacial score (nSPS) is 11.3. The number of nitrogens with zero attached hydrogens (tertiary/aromatic N) is 1. The minimum atomic E-state index is -0.959. The number of H-pyrrole nitrogens is 1. The number of carbonyl (C=O) groups excluding carboxylic acids is 3. The van der Waals surface area contributed by atoms with Crippen LogP contribution in [0.1, 0.15) is 50.0 Å². The second-order valence-corrected chi connectivity index (χ2v) is 9.97. The van der Waals surface area contributed by atoms with Gasteiger partial charge in [-0.3, -0.25) is 19.5 Å². The number of rotatable bonds is 7. The van der Waals surface area contributed by atoms with Crippen molar-refractivity contribution in [2.45, 2.75) is 19.4 Å². The van der Waals surface area contributed by atoms with Gasteiger partial charge in [0.05, 0.1) is 33.3 Å². The number of carbonyl (C=O) groups is 3. The molecule has 0 saturated carbocycles. The van der Waals surface area contributed by atoms with Crippen LogP contribution in [0.3, 0.4) is 0 Å². The number of para-hydroxylation sites is 1. The average Bonchev–Trinajstić information content (AvgIpc) is 3.63. The molecule has 0 aliphatic carbocycles. The van der Waals surface area contributed by atoms with Crippen LogP contribution in [0.25, 0.3) is 10.2 Å². The van der Waals surface area contributed by atoms with Crippen molar-refractivity contribution in [3.63, 3.8) is 0 Å². The Morgan fingerprint density at radius 1 is 0.947 bits per heavy atom. The van der Waals surface area contributed by atoms with E-state index >= 15 is 0 Å². The van der Waals surface area contributed by atoms with E-state index in [1.54, 1.807) is 68.4 Å². The standard InChI is InChI=1S/C27H22FN5O4S/c1-27(2,17-9-4-5-10-18(17)28)31-25(36)21-14-16-22(32-33-26(16)38-21)30-23(34)15-8-3-6-11-19(15)29-24(35)20-12-7-13-37-20/h3-14H,1-2H3,(H,29,35)(H,31,36)(H2,30,32,33,34). The molecule has 2 aromatic carbocycles. The van der Waals surface area contributed by atoms with Crippen LogP contribution in [0, 0.1) is 5.82 Å². The summed E-state index contributed by atoms with van der Waals surface area (Å²) < 4.78 is 19.4. The predicted molar refractivity (Wildman–Crippen MR) is 142 cm³/mol. The molecular weight excluding hydrogens is 509 g/mol. The monoisotopic (exact) mass is 531 g/mol. The summed E-state index contributed by atoms with van der Waals surface area (Å²) in [5, 5.41) is 15.8. The van der Waals surface area contributed by atoms with E-state index in [0.717, 1.165) is 11.3 Å². The van der Waals surface area contributed by atoms with Crippen LogP contribution in [-0.4, -0.2) is 27.9 Å². The number of halogens is 1. The van der Waals surface area contributed by atoms with Crippen molar-refractivity contribution in [1.29, 1.82) is 0 Å². The van der Waals surface area contributed by atoms with E-state index in [1.807, 2.05) is 0 Å². The smallest absolute Gasteiger partial charge is 0.291 e. The van der Waals surface area contributed by atoms with E-state index in [-0.39, 0.29) is 17.1 Å². The number of benzene rings is 2. The van der Waals surface area contributed by atoms with Crippen molar-refractivity contribution in [3.05, 3.63) is 101 Å². The zero-order valence-electron chi connectivity index (χ0n) is 20.3. The van der Waals surface area contributed by atoms with Crippen molar-refractivity contribution in [2.75, 3.05) is 10.6 Å². The minimum Gasteiger partial charge on any atom is -0.459 e. The average molecular weight is 532 g/mol. The van der Waals surface area contributed by atoms with Crippen LogP contribution in [-0.2, 0) is 5.54 Å². The van der Waals surface area contributed by atoms with Crippen molar-refractivity contribution < 1.29 is 23.2 Å². The van der Waals surface area contributed by atoms with Gasteiger partial charge in [-0.2, -0.15) is 5.10 Å². The second kappa shape index (κ2) is 9.94. The van der Waals surface area contributed by atoms with Gasteiger partial charge in [0.25, 0.3) is 17.7 Å². The number of thiophene rings is 1. The molecule has 3 aromatic heterocycles. The molecule has 3 heterocycles.